The standard InChI is InChI=1S/C10H13N3O/c14-11-7-3-6-10-12-8-4-1-2-5-9(8)13-10/h1-2,4-5,11,14H,3,6-7H2,(H,12,13). The fourth-order valence-electron chi connectivity index (χ4n) is 1.46. The monoisotopic (exact) mass is 191 g/mol. The third kappa shape index (κ3) is 1.92. The molecule has 2 aromatic rings. The highest BCUT2D eigenvalue weighted by Gasteiger charge is 2.00. The first-order valence-corrected chi connectivity index (χ1v) is 4.71. The van der Waals surface area contributed by atoms with Crippen LogP contribution >= 0.6 is 0 Å². The summed E-state index contributed by atoms with van der Waals surface area (Å²) in [5, 5.41) is 8.40. The minimum absolute atomic E-state index is 0.594. The molecule has 1 aromatic heterocycles. The van der Waals surface area contributed by atoms with Crippen molar-refractivity contribution in [3.8, 4) is 0 Å². The number of para-hydroxylation sites is 2. The van der Waals surface area contributed by atoms with Gasteiger partial charge in [-0.2, -0.15) is 0 Å². The number of hydrogen-bond donors (Lipinski definition) is 3. The maximum Gasteiger partial charge on any atom is 0.107 e. The maximum atomic E-state index is 8.40. The Hall–Kier alpha value is -1.39. The van der Waals surface area contributed by atoms with Gasteiger partial charge in [-0.05, 0) is 18.6 Å². The molecular formula is C10H13N3O. The van der Waals surface area contributed by atoms with Gasteiger partial charge in [-0.1, -0.05) is 12.1 Å². The van der Waals surface area contributed by atoms with Crippen LogP contribution in [0.15, 0.2) is 24.3 Å². The Labute approximate surface area is 81.9 Å². The molecule has 4 heteroatoms. The summed E-state index contributed by atoms with van der Waals surface area (Å²) in [5.74, 6) is 0.974. The molecule has 1 aromatic carbocycles. The van der Waals surface area contributed by atoms with Gasteiger partial charge in [-0.25, -0.2) is 10.5 Å². The second-order valence-corrected chi connectivity index (χ2v) is 3.21. The second kappa shape index (κ2) is 4.21. The van der Waals surface area contributed by atoms with E-state index in [9.17, 15) is 0 Å². The Morgan fingerprint density at radius 2 is 2.21 bits per heavy atom. The Kier molecular flexibility index (Phi) is 2.76. The number of hydroxylamine groups is 1. The second-order valence-electron chi connectivity index (χ2n) is 3.21. The zero-order valence-electron chi connectivity index (χ0n) is 7.83. The van der Waals surface area contributed by atoms with E-state index in [4.69, 9.17) is 5.21 Å². The van der Waals surface area contributed by atoms with Gasteiger partial charge < -0.3 is 10.2 Å². The molecule has 0 spiro atoms. The minimum atomic E-state index is 0.594. The average molecular weight is 191 g/mol. The van der Waals surface area contributed by atoms with Crippen LogP contribution in [0.25, 0.3) is 11.0 Å². The molecule has 0 saturated carbocycles. The lowest BCUT2D eigenvalue weighted by Crippen LogP contribution is -2.09. The van der Waals surface area contributed by atoms with Crippen molar-refractivity contribution in [2.45, 2.75) is 12.8 Å². The summed E-state index contributed by atoms with van der Waals surface area (Å²) >= 11 is 0. The van der Waals surface area contributed by atoms with Crippen LogP contribution in [-0.2, 0) is 6.42 Å². The van der Waals surface area contributed by atoms with Crippen molar-refractivity contribution in [3.63, 3.8) is 0 Å². The minimum Gasteiger partial charge on any atom is -0.342 e. The van der Waals surface area contributed by atoms with Gasteiger partial charge in [0.05, 0.1) is 11.0 Å². The quantitative estimate of drug-likeness (QED) is 0.506. The van der Waals surface area contributed by atoms with Crippen molar-refractivity contribution in [2.75, 3.05) is 6.54 Å². The Balaban J connectivity index is 2.11. The Morgan fingerprint density at radius 3 is 3.00 bits per heavy atom. The van der Waals surface area contributed by atoms with E-state index in [1.807, 2.05) is 24.3 Å². The SMILES string of the molecule is ONCCCc1nc2ccccc2[nH]1. The first kappa shape index (κ1) is 9.18. The number of imidazole rings is 1. The first-order valence-electron chi connectivity index (χ1n) is 4.71. The lowest BCUT2D eigenvalue weighted by Gasteiger charge is -1.94. The van der Waals surface area contributed by atoms with Crippen LogP contribution in [0.2, 0.25) is 0 Å². The molecule has 3 N–H and O–H groups in total. The van der Waals surface area contributed by atoms with E-state index in [1.165, 1.54) is 0 Å². The number of fused-ring (bicyclic) bond motifs is 1. The number of aromatic nitrogens is 2. The molecular weight excluding hydrogens is 178 g/mol. The summed E-state index contributed by atoms with van der Waals surface area (Å²) in [6.07, 6.45) is 1.72. The molecule has 14 heavy (non-hydrogen) atoms. The number of aromatic amines is 1. The Morgan fingerprint density at radius 1 is 1.36 bits per heavy atom. The van der Waals surface area contributed by atoms with E-state index in [1.54, 1.807) is 0 Å². The summed E-state index contributed by atoms with van der Waals surface area (Å²) in [5.41, 5.74) is 4.20. The van der Waals surface area contributed by atoms with Crippen LogP contribution in [0.3, 0.4) is 0 Å². The van der Waals surface area contributed by atoms with E-state index in [0.717, 1.165) is 29.7 Å². The molecule has 1 heterocycles. The lowest BCUT2D eigenvalue weighted by molar-refractivity contribution is 0.165. The van der Waals surface area contributed by atoms with Gasteiger partial charge in [-0.15, -0.1) is 0 Å². The van der Waals surface area contributed by atoms with E-state index in [2.05, 4.69) is 15.4 Å². The lowest BCUT2D eigenvalue weighted by atomic mass is 10.3. The van der Waals surface area contributed by atoms with Crippen LogP contribution < -0.4 is 5.48 Å². The van der Waals surface area contributed by atoms with Crippen LogP contribution in [0.4, 0.5) is 0 Å². The normalized spacial score (nSPS) is 10.9. The van der Waals surface area contributed by atoms with Crippen molar-refractivity contribution >= 4 is 11.0 Å². The van der Waals surface area contributed by atoms with Gasteiger partial charge in [-0.3, -0.25) is 0 Å². The molecule has 0 fully saturated rings. The molecule has 0 aliphatic heterocycles. The van der Waals surface area contributed by atoms with Crippen molar-refractivity contribution in [2.24, 2.45) is 0 Å². The number of benzene rings is 1. The van der Waals surface area contributed by atoms with Gasteiger partial charge >= 0.3 is 0 Å². The average Bonchev–Trinajstić information content (AvgIpc) is 2.60. The van der Waals surface area contributed by atoms with Crippen molar-refractivity contribution in [1.82, 2.24) is 15.4 Å². The van der Waals surface area contributed by atoms with Crippen LogP contribution in [-0.4, -0.2) is 21.7 Å². The van der Waals surface area contributed by atoms with E-state index < -0.39 is 0 Å². The highest BCUT2D eigenvalue weighted by atomic mass is 16.5. The molecule has 2 rings (SSSR count). The molecule has 0 saturated heterocycles. The van der Waals surface area contributed by atoms with Gasteiger partial charge in [0.2, 0.25) is 0 Å². The molecule has 0 radical (unpaired) electrons. The molecule has 0 aliphatic rings. The van der Waals surface area contributed by atoms with Crippen molar-refractivity contribution in [3.05, 3.63) is 30.1 Å². The number of rotatable bonds is 4. The summed E-state index contributed by atoms with van der Waals surface area (Å²) in [7, 11) is 0. The number of H-pyrrole nitrogens is 1. The molecule has 0 aliphatic carbocycles. The molecule has 74 valence electrons. The van der Waals surface area contributed by atoms with Gasteiger partial charge in [0.25, 0.3) is 0 Å². The van der Waals surface area contributed by atoms with Crippen LogP contribution in [0, 0.1) is 0 Å². The molecule has 4 nitrogen and oxygen atoms in total. The van der Waals surface area contributed by atoms with Crippen LogP contribution in [0.5, 0.6) is 0 Å². The third-order valence-electron chi connectivity index (χ3n) is 2.14. The van der Waals surface area contributed by atoms with Gasteiger partial charge in [0.1, 0.15) is 5.82 Å². The predicted octanol–water partition coefficient (Wildman–Crippen LogP) is 1.47. The predicted molar refractivity (Wildman–Crippen MR) is 54.2 cm³/mol. The van der Waals surface area contributed by atoms with E-state index in [0.29, 0.717) is 6.54 Å². The molecule has 0 bridgehead atoms. The molecule has 0 amide bonds. The summed E-state index contributed by atoms with van der Waals surface area (Å²) in [6.45, 7) is 0.594. The maximum absolute atomic E-state index is 8.40. The number of aryl methyl sites for hydroxylation is 1. The van der Waals surface area contributed by atoms with Gasteiger partial charge in [0.15, 0.2) is 0 Å². The summed E-state index contributed by atoms with van der Waals surface area (Å²) in [6, 6.07) is 7.96. The zero-order valence-corrected chi connectivity index (χ0v) is 7.83. The number of hydrogen-bond acceptors (Lipinski definition) is 3. The first-order chi connectivity index (χ1) is 6.90. The third-order valence-corrected chi connectivity index (χ3v) is 2.14. The highest BCUT2D eigenvalue weighted by Crippen LogP contribution is 2.10. The fraction of sp³-hybridized carbons (Fsp3) is 0.300. The van der Waals surface area contributed by atoms with E-state index in [-0.39, 0.29) is 0 Å². The van der Waals surface area contributed by atoms with Gasteiger partial charge in [0, 0.05) is 13.0 Å². The number of nitrogens with zero attached hydrogens (tertiary/aromatic N) is 1. The fourth-order valence-corrected chi connectivity index (χ4v) is 1.46. The highest BCUT2D eigenvalue weighted by molar-refractivity contribution is 5.74. The summed E-state index contributed by atoms with van der Waals surface area (Å²) < 4.78 is 0. The van der Waals surface area contributed by atoms with Crippen molar-refractivity contribution in [1.29, 1.82) is 0 Å². The van der Waals surface area contributed by atoms with Crippen molar-refractivity contribution < 1.29 is 5.21 Å². The molecule has 0 unspecified atom stereocenters. The summed E-state index contributed by atoms with van der Waals surface area (Å²) in [4.78, 5) is 7.65. The largest absolute Gasteiger partial charge is 0.342 e. The zero-order chi connectivity index (χ0) is 9.80. The smallest absolute Gasteiger partial charge is 0.107 e. The number of nitrogens with one attached hydrogen (secondary N) is 2. The van der Waals surface area contributed by atoms with Crippen LogP contribution in [0.1, 0.15) is 12.2 Å². The topological polar surface area (TPSA) is 60.9 Å². The van der Waals surface area contributed by atoms with E-state index >= 15 is 0 Å². The Bertz CT molecular complexity index is 377. The molecule has 0 atom stereocenters.